The molecule has 1 aliphatic heterocycles. The summed E-state index contributed by atoms with van der Waals surface area (Å²) in [5.41, 5.74) is 2.87. The van der Waals surface area contributed by atoms with E-state index in [4.69, 9.17) is 5.14 Å². The zero-order valence-corrected chi connectivity index (χ0v) is 16.7. The van der Waals surface area contributed by atoms with Crippen molar-refractivity contribution >= 4 is 37.1 Å². The van der Waals surface area contributed by atoms with Crippen LogP contribution >= 0.6 is 11.3 Å². The molecule has 2 aromatic rings. The molecule has 0 radical (unpaired) electrons. The standard InChI is InChI=1S/C17H22N2O4S3/c18-25(20,21)12-2-1-5-14-8-9-16-15(13-14)6-3-10-19(16)26(22,23)17-7-4-11-24-17/h4,7-9,11,13H,1-3,5-6,10,12H2,(H2,18,20,21). The summed E-state index contributed by atoms with van der Waals surface area (Å²) in [5, 5.41) is 6.78. The van der Waals surface area contributed by atoms with E-state index in [2.05, 4.69) is 0 Å². The lowest BCUT2D eigenvalue weighted by molar-refractivity contribution is 0.588. The molecule has 0 spiro atoms. The van der Waals surface area contributed by atoms with E-state index in [0.717, 1.165) is 42.5 Å². The van der Waals surface area contributed by atoms with E-state index < -0.39 is 20.0 Å². The first-order chi connectivity index (χ1) is 12.3. The van der Waals surface area contributed by atoms with Crippen molar-refractivity contribution in [3.05, 3.63) is 46.8 Å². The molecule has 9 heteroatoms. The molecule has 0 unspecified atom stereocenters. The summed E-state index contributed by atoms with van der Waals surface area (Å²) < 4.78 is 49.6. The van der Waals surface area contributed by atoms with Crippen LogP contribution in [0.3, 0.4) is 0 Å². The highest BCUT2D eigenvalue weighted by Crippen LogP contribution is 2.34. The molecule has 0 saturated carbocycles. The van der Waals surface area contributed by atoms with Gasteiger partial charge in [0.1, 0.15) is 4.21 Å². The second kappa shape index (κ2) is 7.67. The third kappa shape index (κ3) is 4.46. The predicted octanol–water partition coefficient (Wildman–Crippen LogP) is 2.50. The molecule has 142 valence electrons. The minimum atomic E-state index is -3.51. The second-order valence-corrected chi connectivity index (χ2v) is 11.2. The number of nitrogens with zero attached hydrogens (tertiary/aromatic N) is 1. The Bertz CT molecular complexity index is 967. The first-order valence-electron chi connectivity index (χ1n) is 8.46. The number of rotatable bonds is 7. The van der Waals surface area contributed by atoms with Crippen LogP contribution in [0.25, 0.3) is 0 Å². The molecule has 0 amide bonds. The van der Waals surface area contributed by atoms with Crippen molar-refractivity contribution in [1.82, 2.24) is 0 Å². The van der Waals surface area contributed by atoms with Gasteiger partial charge in [0.15, 0.2) is 0 Å². The summed E-state index contributed by atoms with van der Waals surface area (Å²) in [6, 6.07) is 9.22. The molecule has 0 aliphatic carbocycles. The molecule has 0 saturated heterocycles. The number of nitrogens with two attached hydrogens (primary N) is 1. The highest BCUT2D eigenvalue weighted by atomic mass is 32.2. The summed E-state index contributed by atoms with van der Waals surface area (Å²) in [5.74, 6) is -0.00915. The topological polar surface area (TPSA) is 97.5 Å². The summed E-state index contributed by atoms with van der Waals surface area (Å²) >= 11 is 1.23. The van der Waals surface area contributed by atoms with E-state index in [-0.39, 0.29) is 5.75 Å². The molecular formula is C17H22N2O4S3. The third-order valence-electron chi connectivity index (χ3n) is 4.40. The van der Waals surface area contributed by atoms with Gasteiger partial charge in [-0.2, -0.15) is 0 Å². The summed E-state index contributed by atoms with van der Waals surface area (Å²) in [4.78, 5) is 0. The van der Waals surface area contributed by atoms with Crippen LogP contribution in [0.1, 0.15) is 30.4 Å². The third-order valence-corrected chi connectivity index (χ3v) is 8.45. The van der Waals surface area contributed by atoms with Crippen LogP contribution < -0.4 is 9.44 Å². The minimum absolute atomic E-state index is 0.00915. The maximum Gasteiger partial charge on any atom is 0.273 e. The van der Waals surface area contributed by atoms with Crippen molar-refractivity contribution in [2.45, 2.75) is 36.3 Å². The SMILES string of the molecule is NS(=O)(=O)CCCCc1ccc2c(c1)CCCN2S(=O)(=O)c1cccs1. The molecule has 3 rings (SSSR count). The molecule has 0 fully saturated rings. The van der Waals surface area contributed by atoms with Crippen molar-refractivity contribution in [3.8, 4) is 0 Å². The maximum atomic E-state index is 12.9. The second-order valence-electron chi connectivity index (χ2n) is 6.40. The lowest BCUT2D eigenvalue weighted by Crippen LogP contribution is -2.35. The van der Waals surface area contributed by atoms with Crippen LogP contribution in [0.4, 0.5) is 5.69 Å². The Labute approximate surface area is 158 Å². The van der Waals surface area contributed by atoms with E-state index >= 15 is 0 Å². The fraction of sp³-hybridized carbons (Fsp3) is 0.412. The van der Waals surface area contributed by atoms with E-state index in [9.17, 15) is 16.8 Å². The quantitative estimate of drug-likeness (QED) is 0.704. The Morgan fingerprint density at radius 1 is 1.12 bits per heavy atom. The first kappa shape index (κ1) is 19.3. The number of aryl methyl sites for hydroxylation is 2. The van der Waals surface area contributed by atoms with Crippen molar-refractivity contribution in [2.24, 2.45) is 5.14 Å². The van der Waals surface area contributed by atoms with Gasteiger partial charge >= 0.3 is 0 Å². The lowest BCUT2D eigenvalue weighted by Gasteiger charge is -2.30. The average Bonchev–Trinajstić information content (AvgIpc) is 3.12. The van der Waals surface area contributed by atoms with Crippen molar-refractivity contribution < 1.29 is 16.8 Å². The normalized spacial score (nSPS) is 15.0. The summed E-state index contributed by atoms with van der Waals surface area (Å²) in [7, 11) is -6.92. The van der Waals surface area contributed by atoms with Gasteiger partial charge in [-0.15, -0.1) is 11.3 Å². The van der Waals surface area contributed by atoms with Crippen LogP contribution in [-0.2, 0) is 32.9 Å². The van der Waals surface area contributed by atoms with Gasteiger partial charge in [-0.3, -0.25) is 4.31 Å². The molecule has 2 N–H and O–H groups in total. The van der Waals surface area contributed by atoms with Crippen LogP contribution in [0, 0.1) is 0 Å². The average molecular weight is 415 g/mol. The molecule has 2 heterocycles. The Hall–Kier alpha value is -1.42. The van der Waals surface area contributed by atoms with Gasteiger partial charge in [0.25, 0.3) is 10.0 Å². The van der Waals surface area contributed by atoms with Crippen LogP contribution in [-0.4, -0.2) is 29.1 Å². The van der Waals surface area contributed by atoms with E-state index in [1.807, 2.05) is 18.2 Å². The van der Waals surface area contributed by atoms with E-state index in [0.29, 0.717) is 17.2 Å². The predicted molar refractivity (Wildman–Crippen MR) is 105 cm³/mol. The Morgan fingerprint density at radius 2 is 1.92 bits per heavy atom. The lowest BCUT2D eigenvalue weighted by atomic mass is 9.98. The molecule has 1 aromatic heterocycles. The van der Waals surface area contributed by atoms with Crippen LogP contribution in [0.2, 0.25) is 0 Å². The van der Waals surface area contributed by atoms with Crippen LogP contribution in [0.5, 0.6) is 0 Å². The maximum absolute atomic E-state index is 12.9. The fourth-order valence-corrected chi connectivity index (χ4v) is 6.42. The number of hydrogen-bond donors (Lipinski definition) is 1. The number of sulfonamides is 2. The number of benzene rings is 1. The Kier molecular flexibility index (Phi) is 5.71. The molecule has 6 nitrogen and oxygen atoms in total. The first-order valence-corrected chi connectivity index (χ1v) is 12.5. The molecule has 0 atom stereocenters. The fourth-order valence-electron chi connectivity index (χ4n) is 3.17. The number of hydrogen-bond acceptors (Lipinski definition) is 5. The smallest absolute Gasteiger partial charge is 0.265 e. The number of fused-ring (bicyclic) bond motifs is 1. The molecule has 0 bridgehead atoms. The van der Waals surface area contributed by atoms with E-state index in [1.54, 1.807) is 17.5 Å². The van der Waals surface area contributed by atoms with Gasteiger partial charge in [-0.25, -0.2) is 22.0 Å². The van der Waals surface area contributed by atoms with Crippen molar-refractivity contribution in [1.29, 1.82) is 0 Å². The Balaban J connectivity index is 1.75. The number of primary sulfonamides is 1. The zero-order valence-electron chi connectivity index (χ0n) is 14.3. The highest BCUT2D eigenvalue weighted by Gasteiger charge is 2.29. The molecular weight excluding hydrogens is 392 g/mol. The number of thiophene rings is 1. The molecule has 1 aliphatic rings. The van der Waals surface area contributed by atoms with Crippen molar-refractivity contribution in [3.63, 3.8) is 0 Å². The Morgan fingerprint density at radius 3 is 2.62 bits per heavy atom. The molecule has 1 aromatic carbocycles. The highest BCUT2D eigenvalue weighted by molar-refractivity contribution is 7.94. The minimum Gasteiger partial charge on any atom is -0.265 e. The van der Waals surface area contributed by atoms with Gasteiger partial charge in [0.2, 0.25) is 10.0 Å². The van der Waals surface area contributed by atoms with Crippen molar-refractivity contribution in [2.75, 3.05) is 16.6 Å². The molecule has 26 heavy (non-hydrogen) atoms. The summed E-state index contributed by atoms with van der Waals surface area (Å²) in [6.45, 7) is 0.487. The van der Waals surface area contributed by atoms with Gasteiger partial charge < -0.3 is 0 Å². The van der Waals surface area contributed by atoms with Gasteiger partial charge in [0, 0.05) is 6.54 Å². The summed E-state index contributed by atoms with van der Waals surface area (Å²) in [6.07, 6.45) is 3.63. The number of anilines is 1. The zero-order chi connectivity index (χ0) is 18.8. The van der Waals surface area contributed by atoms with Crippen LogP contribution in [0.15, 0.2) is 39.9 Å². The van der Waals surface area contributed by atoms with Gasteiger partial charge in [0.05, 0.1) is 11.4 Å². The van der Waals surface area contributed by atoms with Gasteiger partial charge in [-0.1, -0.05) is 18.2 Å². The monoisotopic (exact) mass is 414 g/mol. The van der Waals surface area contributed by atoms with E-state index in [1.165, 1.54) is 15.6 Å². The van der Waals surface area contributed by atoms with Gasteiger partial charge in [-0.05, 0) is 60.7 Å². The number of unbranched alkanes of at least 4 members (excludes halogenated alkanes) is 1. The largest absolute Gasteiger partial charge is 0.273 e.